The highest BCUT2D eigenvalue weighted by atomic mass is 79.9. The van der Waals surface area contributed by atoms with Gasteiger partial charge in [0.2, 0.25) is 0 Å². The number of rotatable bonds is 5. The average Bonchev–Trinajstić information content (AvgIpc) is 3.02. The van der Waals surface area contributed by atoms with E-state index in [1.807, 2.05) is 6.07 Å². The van der Waals surface area contributed by atoms with Crippen molar-refractivity contribution in [3.8, 4) is 11.5 Å². The molecule has 2 aromatic rings. The van der Waals surface area contributed by atoms with Gasteiger partial charge in [-0.15, -0.1) is 0 Å². The number of halogens is 1. The predicted molar refractivity (Wildman–Crippen MR) is 111 cm³/mol. The van der Waals surface area contributed by atoms with Gasteiger partial charge in [0.15, 0.2) is 16.7 Å². The number of carbonyl (C=O) groups excluding carboxylic acids is 1. The van der Waals surface area contributed by atoms with E-state index in [-0.39, 0.29) is 11.6 Å². The molecule has 28 heavy (non-hydrogen) atoms. The first-order chi connectivity index (χ1) is 13.4. The van der Waals surface area contributed by atoms with E-state index >= 15 is 0 Å². The van der Waals surface area contributed by atoms with E-state index in [1.54, 1.807) is 32.4 Å². The van der Waals surface area contributed by atoms with E-state index in [2.05, 4.69) is 26.2 Å². The fourth-order valence-corrected chi connectivity index (χ4v) is 3.67. The van der Waals surface area contributed by atoms with Crippen molar-refractivity contribution in [1.29, 1.82) is 0 Å². The molecular formula is C18H14BrN3O5S. The van der Waals surface area contributed by atoms with Gasteiger partial charge in [-0.1, -0.05) is 6.07 Å². The Morgan fingerprint density at radius 1 is 1.18 bits per heavy atom. The minimum absolute atomic E-state index is 0.0482. The van der Waals surface area contributed by atoms with Gasteiger partial charge in [0.1, 0.15) is 0 Å². The molecule has 0 bridgehead atoms. The largest absolute Gasteiger partial charge is 0.493 e. The summed E-state index contributed by atoms with van der Waals surface area (Å²) in [6.45, 7) is 0. The molecule has 0 spiro atoms. The Balaban J connectivity index is 1.84. The van der Waals surface area contributed by atoms with Crippen LogP contribution in [0.3, 0.4) is 0 Å². The summed E-state index contributed by atoms with van der Waals surface area (Å²) in [6, 6.07) is 9.56. The van der Waals surface area contributed by atoms with Gasteiger partial charge in [-0.3, -0.25) is 14.9 Å². The van der Waals surface area contributed by atoms with E-state index in [1.165, 1.54) is 30.0 Å². The molecule has 0 radical (unpaired) electrons. The molecule has 1 N–H and O–H groups in total. The number of methoxy groups -OCH3 is 2. The number of nitrogens with one attached hydrogen (secondary N) is 1. The third-order valence-electron chi connectivity index (χ3n) is 3.72. The molecule has 1 saturated heterocycles. The second kappa shape index (κ2) is 8.44. The van der Waals surface area contributed by atoms with Crippen LogP contribution in [0.4, 0.5) is 11.4 Å². The molecule has 3 rings (SSSR count). The van der Waals surface area contributed by atoms with Crippen molar-refractivity contribution in [2.45, 2.75) is 0 Å². The summed E-state index contributed by atoms with van der Waals surface area (Å²) in [5.41, 5.74) is 1.20. The van der Waals surface area contributed by atoms with Gasteiger partial charge >= 0.3 is 0 Å². The molecule has 0 unspecified atom stereocenters. The number of nitro groups is 1. The average molecular weight is 464 g/mol. The molecule has 0 aliphatic carbocycles. The number of benzene rings is 2. The van der Waals surface area contributed by atoms with Crippen LogP contribution in [0.15, 0.2) is 50.8 Å². The van der Waals surface area contributed by atoms with Crippen LogP contribution in [0.25, 0.3) is 6.08 Å². The Bertz CT molecular complexity index is 1020. The van der Waals surface area contributed by atoms with Gasteiger partial charge < -0.3 is 14.8 Å². The zero-order valence-electron chi connectivity index (χ0n) is 14.8. The zero-order valence-corrected chi connectivity index (χ0v) is 17.2. The van der Waals surface area contributed by atoms with Crippen molar-refractivity contribution in [2.75, 3.05) is 14.2 Å². The van der Waals surface area contributed by atoms with Crippen LogP contribution in [0, 0.1) is 10.1 Å². The molecule has 10 heteroatoms. The number of nitro benzene ring substituents is 1. The Labute approximate surface area is 172 Å². The minimum atomic E-state index is -0.488. The van der Waals surface area contributed by atoms with E-state index in [0.29, 0.717) is 31.7 Å². The Hall–Kier alpha value is -2.85. The number of hydrogen-bond donors (Lipinski definition) is 1. The van der Waals surface area contributed by atoms with Gasteiger partial charge in [-0.2, -0.15) is 0 Å². The van der Waals surface area contributed by atoms with Crippen LogP contribution in [0.1, 0.15) is 5.56 Å². The van der Waals surface area contributed by atoms with Gasteiger partial charge in [0.05, 0.1) is 34.2 Å². The molecular weight excluding hydrogens is 450 g/mol. The number of hydrogen-bond acceptors (Lipinski definition) is 7. The van der Waals surface area contributed by atoms with Crippen LogP contribution < -0.4 is 14.8 Å². The lowest BCUT2D eigenvalue weighted by atomic mass is 10.2. The maximum atomic E-state index is 12.2. The first kappa shape index (κ1) is 19.9. The summed E-state index contributed by atoms with van der Waals surface area (Å²) < 4.78 is 10.9. The van der Waals surface area contributed by atoms with Crippen molar-refractivity contribution in [3.05, 3.63) is 61.5 Å². The lowest BCUT2D eigenvalue weighted by Crippen LogP contribution is -2.19. The van der Waals surface area contributed by atoms with Crippen molar-refractivity contribution < 1.29 is 19.2 Å². The molecule has 0 saturated carbocycles. The number of amidine groups is 1. The first-order valence-electron chi connectivity index (χ1n) is 7.87. The summed E-state index contributed by atoms with van der Waals surface area (Å²) in [5, 5.41) is 13.9. The number of non-ortho nitro benzene ring substituents is 1. The Morgan fingerprint density at radius 2 is 1.93 bits per heavy atom. The van der Waals surface area contributed by atoms with Crippen molar-refractivity contribution >= 4 is 56.2 Å². The van der Waals surface area contributed by atoms with Crippen LogP contribution in [0.5, 0.6) is 11.5 Å². The molecule has 0 atom stereocenters. The van der Waals surface area contributed by atoms with Crippen LogP contribution in [0.2, 0.25) is 0 Å². The third kappa shape index (κ3) is 4.34. The highest BCUT2D eigenvalue weighted by Crippen LogP contribution is 2.34. The van der Waals surface area contributed by atoms with Gasteiger partial charge in [0, 0.05) is 12.1 Å². The molecule has 144 valence electrons. The lowest BCUT2D eigenvalue weighted by Gasteiger charge is -2.07. The van der Waals surface area contributed by atoms with E-state index in [4.69, 9.17) is 9.47 Å². The van der Waals surface area contributed by atoms with Crippen molar-refractivity contribution in [2.24, 2.45) is 4.99 Å². The zero-order chi connectivity index (χ0) is 20.3. The SMILES string of the molecule is COc1ccc(/C=C2/SC(=Nc3ccc([N+](=O)[O-])cc3Br)NC2=O)cc1OC. The highest BCUT2D eigenvalue weighted by molar-refractivity contribution is 9.10. The second-order valence-corrected chi connectivity index (χ2v) is 7.37. The smallest absolute Gasteiger partial charge is 0.270 e. The van der Waals surface area contributed by atoms with E-state index in [9.17, 15) is 14.9 Å². The monoisotopic (exact) mass is 463 g/mol. The third-order valence-corrected chi connectivity index (χ3v) is 5.27. The summed E-state index contributed by atoms with van der Waals surface area (Å²) >= 11 is 4.44. The molecule has 8 nitrogen and oxygen atoms in total. The number of amides is 1. The maximum Gasteiger partial charge on any atom is 0.270 e. The molecule has 1 aliphatic heterocycles. The van der Waals surface area contributed by atoms with Crippen LogP contribution in [-0.2, 0) is 4.79 Å². The maximum absolute atomic E-state index is 12.2. The van der Waals surface area contributed by atoms with Gasteiger partial charge in [-0.05, 0) is 57.5 Å². The number of aliphatic imine (C=N–C) groups is 1. The molecule has 1 heterocycles. The van der Waals surface area contributed by atoms with Crippen molar-refractivity contribution in [3.63, 3.8) is 0 Å². The molecule has 1 fully saturated rings. The number of nitrogens with zero attached hydrogens (tertiary/aromatic N) is 2. The van der Waals surface area contributed by atoms with Gasteiger partial charge in [-0.25, -0.2) is 4.99 Å². The second-order valence-electron chi connectivity index (χ2n) is 5.49. The van der Waals surface area contributed by atoms with Crippen LogP contribution >= 0.6 is 27.7 Å². The number of carbonyl (C=O) groups is 1. The van der Waals surface area contributed by atoms with Crippen LogP contribution in [-0.4, -0.2) is 30.2 Å². The standard InChI is InChI=1S/C18H14BrN3O5S/c1-26-14-6-3-10(7-15(14)27-2)8-16-17(23)21-18(28-16)20-13-5-4-11(22(24)25)9-12(13)19/h3-9H,1-2H3,(H,20,21,23)/b16-8+. The molecule has 2 aromatic carbocycles. The Morgan fingerprint density at radius 3 is 2.57 bits per heavy atom. The summed E-state index contributed by atoms with van der Waals surface area (Å²) in [6.07, 6.45) is 1.72. The van der Waals surface area contributed by atoms with Crippen molar-refractivity contribution in [1.82, 2.24) is 5.32 Å². The highest BCUT2D eigenvalue weighted by Gasteiger charge is 2.24. The summed E-state index contributed by atoms with van der Waals surface area (Å²) in [7, 11) is 3.09. The fraction of sp³-hybridized carbons (Fsp3) is 0.111. The quantitative estimate of drug-likeness (QED) is 0.403. The number of ether oxygens (including phenoxy) is 2. The van der Waals surface area contributed by atoms with E-state index in [0.717, 1.165) is 5.56 Å². The Kier molecular flexibility index (Phi) is 6.00. The lowest BCUT2D eigenvalue weighted by molar-refractivity contribution is -0.384. The normalized spacial score (nSPS) is 16.3. The molecule has 1 amide bonds. The summed E-state index contributed by atoms with van der Waals surface area (Å²) in [4.78, 5) is 27.4. The number of thioether (sulfide) groups is 1. The fourth-order valence-electron chi connectivity index (χ4n) is 2.38. The minimum Gasteiger partial charge on any atom is -0.493 e. The topological polar surface area (TPSA) is 103 Å². The predicted octanol–water partition coefficient (Wildman–Crippen LogP) is 4.27. The van der Waals surface area contributed by atoms with E-state index < -0.39 is 4.92 Å². The molecule has 1 aliphatic rings. The summed E-state index contributed by atoms with van der Waals surface area (Å²) in [5.74, 6) is 0.874. The van der Waals surface area contributed by atoms with Gasteiger partial charge in [0.25, 0.3) is 11.6 Å². The first-order valence-corrected chi connectivity index (χ1v) is 9.47. The molecule has 0 aromatic heterocycles.